The fourth-order valence-corrected chi connectivity index (χ4v) is 2.81. The Morgan fingerprint density at radius 3 is 2.04 bits per heavy atom. The number of hydrogen-bond acceptors (Lipinski definition) is 4. The molecule has 2 aromatic carbocycles. The van der Waals surface area contributed by atoms with Crippen LogP contribution < -0.4 is 20.3 Å². The van der Waals surface area contributed by atoms with E-state index in [1.807, 2.05) is 0 Å². The van der Waals surface area contributed by atoms with Gasteiger partial charge in [-0.1, -0.05) is 34.8 Å². The summed E-state index contributed by atoms with van der Waals surface area (Å²) in [6, 6.07) is 7.28. The summed E-state index contributed by atoms with van der Waals surface area (Å²) < 4.78 is 10.1. The van der Waals surface area contributed by atoms with Crippen molar-refractivity contribution in [1.82, 2.24) is 10.9 Å². The maximum Gasteiger partial charge on any atom is 0.273 e. The van der Waals surface area contributed by atoms with Crippen molar-refractivity contribution in [2.45, 2.75) is 0 Å². The van der Waals surface area contributed by atoms with Crippen LogP contribution in [0.5, 0.6) is 11.5 Å². The highest BCUT2D eigenvalue weighted by Gasteiger charge is 2.16. The van der Waals surface area contributed by atoms with Crippen molar-refractivity contribution in [3.8, 4) is 11.5 Å². The van der Waals surface area contributed by atoms with Crippen molar-refractivity contribution in [2.24, 2.45) is 0 Å². The average molecular weight is 404 g/mol. The first kappa shape index (κ1) is 19.2. The van der Waals surface area contributed by atoms with E-state index < -0.39 is 11.8 Å². The Kier molecular flexibility index (Phi) is 6.36. The van der Waals surface area contributed by atoms with Crippen LogP contribution in [0.3, 0.4) is 0 Å². The van der Waals surface area contributed by atoms with Crippen molar-refractivity contribution >= 4 is 46.6 Å². The quantitative estimate of drug-likeness (QED) is 0.763. The monoisotopic (exact) mass is 402 g/mol. The molecule has 0 saturated heterocycles. The highest BCUT2D eigenvalue weighted by Crippen LogP contribution is 2.33. The number of benzene rings is 2. The molecule has 0 spiro atoms. The van der Waals surface area contributed by atoms with Crippen LogP contribution in [0.1, 0.15) is 20.7 Å². The molecule has 0 aliphatic carbocycles. The van der Waals surface area contributed by atoms with E-state index >= 15 is 0 Å². The van der Waals surface area contributed by atoms with Crippen LogP contribution in [-0.2, 0) is 0 Å². The van der Waals surface area contributed by atoms with Gasteiger partial charge >= 0.3 is 0 Å². The number of nitrogens with one attached hydrogen (secondary N) is 2. The summed E-state index contributed by atoms with van der Waals surface area (Å²) in [5.74, 6) is -0.640. The number of rotatable bonds is 4. The Morgan fingerprint density at radius 2 is 1.48 bits per heavy atom. The molecular formula is C16H13Cl3N2O4. The molecule has 0 atom stereocenters. The summed E-state index contributed by atoms with van der Waals surface area (Å²) in [6.07, 6.45) is 0. The molecule has 0 aromatic heterocycles. The van der Waals surface area contributed by atoms with E-state index in [1.165, 1.54) is 32.4 Å². The molecule has 0 heterocycles. The Labute approximate surface area is 158 Å². The molecule has 0 radical (unpaired) electrons. The normalized spacial score (nSPS) is 10.1. The number of carbonyl (C=O) groups is 2. The molecule has 2 N–H and O–H groups in total. The lowest BCUT2D eigenvalue weighted by Gasteiger charge is -2.12. The summed E-state index contributed by atoms with van der Waals surface area (Å²) in [6.45, 7) is 0. The van der Waals surface area contributed by atoms with E-state index in [-0.39, 0.29) is 26.9 Å². The van der Waals surface area contributed by atoms with Crippen LogP contribution >= 0.6 is 34.8 Å². The highest BCUT2D eigenvalue weighted by molar-refractivity contribution is 6.37. The van der Waals surface area contributed by atoms with Gasteiger partial charge in [0.15, 0.2) is 5.75 Å². The van der Waals surface area contributed by atoms with E-state index in [4.69, 9.17) is 44.3 Å². The average Bonchev–Trinajstić information content (AvgIpc) is 2.58. The number of halogens is 3. The van der Waals surface area contributed by atoms with Gasteiger partial charge in [-0.2, -0.15) is 0 Å². The predicted octanol–water partition coefficient (Wildman–Crippen LogP) is 3.74. The molecule has 0 fully saturated rings. The van der Waals surface area contributed by atoms with Gasteiger partial charge in [-0.25, -0.2) is 0 Å². The van der Waals surface area contributed by atoms with E-state index in [0.717, 1.165) is 0 Å². The second-order valence-electron chi connectivity index (χ2n) is 4.73. The summed E-state index contributed by atoms with van der Waals surface area (Å²) >= 11 is 17.8. The van der Waals surface area contributed by atoms with Crippen molar-refractivity contribution in [3.63, 3.8) is 0 Å². The summed E-state index contributed by atoms with van der Waals surface area (Å²) in [7, 11) is 2.82. The van der Waals surface area contributed by atoms with Gasteiger partial charge in [0.2, 0.25) is 0 Å². The Hall–Kier alpha value is -2.15. The first-order valence-electron chi connectivity index (χ1n) is 6.84. The maximum absolute atomic E-state index is 12.2. The lowest BCUT2D eigenvalue weighted by molar-refractivity contribution is 0.0845. The third-order valence-corrected chi connectivity index (χ3v) is 3.96. The Bertz CT molecular complexity index is 804. The smallest absolute Gasteiger partial charge is 0.273 e. The molecule has 0 unspecified atom stereocenters. The first-order valence-corrected chi connectivity index (χ1v) is 7.98. The molecule has 2 amide bonds. The standard InChI is InChI=1S/C16H13Cl3N2O4/c1-24-13-4-3-9(17)7-10(13)16(23)21-20-15(22)8-5-11(18)14(25-2)12(19)6-8/h3-7H,1-2H3,(H,20,22)(H,21,23). The zero-order valence-electron chi connectivity index (χ0n) is 13.2. The van der Waals surface area contributed by atoms with Crippen LogP contribution in [0.25, 0.3) is 0 Å². The van der Waals surface area contributed by atoms with Gasteiger partial charge < -0.3 is 9.47 Å². The largest absolute Gasteiger partial charge is 0.496 e. The van der Waals surface area contributed by atoms with Crippen molar-refractivity contribution in [1.29, 1.82) is 0 Å². The fourth-order valence-electron chi connectivity index (χ4n) is 2.00. The van der Waals surface area contributed by atoms with Gasteiger partial charge in [0.1, 0.15) is 5.75 Å². The first-order chi connectivity index (χ1) is 11.9. The van der Waals surface area contributed by atoms with Crippen LogP contribution in [0.4, 0.5) is 0 Å². The molecule has 0 aliphatic heterocycles. The van der Waals surface area contributed by atoms with Crippen LogP contribution in [-0.4, -0.2) is 26.0 Å². The number of carbonyl (C=O) groups excluding carboxylic acids is 2. The van der Waals surface area contributed by atoms with Crippen molar-refractivity contribution in [2.75, 3.05) is 14.2 Å². The molecule has 0 aliphatic rings. The van der Waals surface area contributed by atoms with E-state index in [9.17, 15) is 9.59 Å². The van der Waals surface area contributed by atoms with Crippen molar-refractivity contribution < 1.29 is 19.1 Å². The lowest BCUT2D eigenvalue weighted by Crippen LogP contribution is -2.41. The number of amides is 2. The lowest BCUT2D eigenvalue weighted by atomic mass is 10.2. The summed E-state index contributed by atoms with van der Waals surface area (Å²) in [4.78, 5) is 24.4. The minimum atomic E-state index is -0.610. The molecule has 25 heavy (non-hydrogen) atoms. The van der Waals surface area contributed by atoms with E-state index in [1.54, 1.807) is 12.1 Å². The molecule has 132 valence electrons. The van der Waals surface area contributed by atoms with Gasteiger partial charge in [-0.15, -0.1) is 0 Å². The Morgan fingerprint density at radius 1 is 0.880 bits per heavy atom. The predicted molar refractivity (Wildman–Crippen MR) is 96.0 cm³/mol. The minimum absolute atomic E-state index is 0.147. The van der Waals surface area contributed by atoms with Gasteiger partial charge in [-0.3, -0.25) is 20.4 Å². The second kappa shape index (κ2) is 8.29. The second-order valence-corrected chi connectivity index (χ2v) is 5.98. The molecule has 9 heteroatoms. The third-order valence-electron chi connectivity index (χ3n) is 3.16. The van der Waals surface area contributed by atoms with E-state index in [2.05, 4.69) is 10.9 Å². The highest BCUT2D eigenvalue weighted by atomic mass is 35.5. The summed E-state index contributed by atoms with van der Waals surface area (Å²) in [5.41, 5.74) is 4.85. The zero-order valence-corrected chi connectivity index (χ0v) is 15.4. The van der Waals surface area contributed by atoms with Crippen LogP contribution in [0.15, 0.2) is 30.3 Å². The van der Waals surface area contributed by atoms with Crippen molar-refractivity contribution in [3.05, 3.63) is 56.5 Å². The number of methoxy groups -OCH3 is 2. The molecule has 2 aromatic rings. The molecular weight excluding hydrogens is 391 g/mol. The molecule has 2 rings (SSSR count). The minimum Gasteiger partial charge on any atom is -0.496 e. The summed E-state index contributed by atoms with van der Waals surface area (Å²) in [5, 5.41) is 0.692. The molecule has 0 saturated carbocycles. The number of ether oxygens (including phenoxy) is 2. The molecule has 0 bridgehead atoms. The fraction of sp³-hybridized carbons (Fsp3) is 0.125. The van der Waals surface area contributed by atoms with Gasteiger partial charge in [0.05, 0.1) is 29.8 Å². The SMILES string of the molecule is COc1ccc(Cl)cc1C(=O)NNC(=O)c1cc(Cl)c(OC)c(Cl)c1. The van der Waals surface area contributed by atoms with E-state index in [0.29, 0.717) is 10.8 Å². The van der Waals surface area contributed by atoms with Gasteiger partial charge in [-0.05, 0) is 30.3 Å². The zero-order chi connectivity index (χ0) is 18.6. The molecule has 6 nitrogen and oxygen atoms in total. The van der Waals surface area contributed by atoms with Crippen LogP contribution in [0.2, 0.25) is 15.1 Å². The number of hydrogen-bond donors (Lipinski definition) is 2. The van der Waals surface area contributed by atoms with Gasteiger partial charge in [0.25, 0.3) is 11.8 Å². The Balaban J connectivity index is 2.12. The van der Waals surface area contributed by atoms with Crippen LogP contribution in [0, 0.1) is 0 Å². The maximum atomic E-state index is 12.2. The topological polar surface area (TPSA) is 76.7 Å². The number of hydrazine groups is 1. The van der Waals surface area contributed by atoms with Gasteiger partial charge in [0, 0.05) is 10.6 Å². The third kappa shape index (κ3) is 4.48.